The van der Waals surface area contributed by atoms with E-state index in [1.54, 1.807) is 0 Å². The zero-order chi connectivity index (χ0) is 15.8. The predicted octanol–water partition coefficient (Wildman–Crippen LogP) is 6.89. The number of benzene rings is 2. The second kappa shape index (κ2) is 6.65. The second-order valence-corrected chi connectivity index (χ2v) is 6.65. The Balaban J connectivity index is 0.00000169. The molecule has 1 unspecified atom stereocenters. The molecule has 0 nitrogen and oxygen atoms in total. The average molecular weight is 314 g/mol. The fourth-order valence-corrected chi connectivity index (χ4v) is 4.03. The van der Waals surface area contributed by atoms with Gasteiger partial charge in [0.1, 0.15) is 0 Å². The van der Waals surface area contributed by atoms with E-state index in [0.717, 1.165) is 12.8 Å². The predicted molar refractivity (Wildman–Crippen MR) is 106 cm³/mol. The lowest BCUT2D eigenvalue weighted by molar-refractivity contribution is 0.816. The van der Waals surface area contributed by atoms with Crippen molar-refractivity contribution >= 4 is 10.8 Å². The first-order valence-electron chi connectivity index (χ1n) is 8.48. The van der Waals surface area contributed by atoms with Gasteiger partial charge in [-0.25, -0.2) is 0 Å². The summed E-state index contributed by atoms with van der Waals surface area (Å²) in [6.07, 6.45) is 13.4. The molecule has 2 aromatic carbocycles. The zero-order valence-electron chi connectivity index (χ0n) is 13.8. The normalized spacial score (nSPS) is 21.1. The molecule has 0 radical (unpaired) electrons. The first-order chi connectivity index (χ1) is 11.3. The number of hydrogen-bond donors (Lipinski definition) is 0. The van der Waals surface area contributed by atoms with E-state index in [4.69, 9.17) is 0 Å². The fraction of sp³-hybridized carbons (Fsp3) is 0.250. The minimum atomic E-state index is 0. The Kier molecular flexibility index (Phi) is 4.57. The SMILES string of the molecule is C.C/C=C\C=C1/CC(C)=CC=C1C1Cc2cccc3cccc1c23. The number of allylic oxidation sites excluding steroid dienone is 8. The molecule has 122 valence electrons. The molecule has 0 saturated heterocycles. The topological polar surface area (TPSA) is 0 Å². The van der Waals surface area contributed by atoms with Crippen LogP contribution in [0, 0.1) is 0 Å². The van der Waals surface area contributed by atoms with Crippen molar-refractivity contribution in [3.05, 3.63) is 94.6 Å². The van der Waals surface area contributed by atoms with Gasteiger partial charge in [-0.1, -0.05) is 79.8 Å². The zero-order valence-corrected chi connectivity index (χ0v) is 13.8. The third kappa shape index (κ3) is 2.67. The highest BCUT2D eigenvalue weighted by atomic mass is 14.3. The molecule has 1 atom stereocenters. The molecule has 0 aliphatic heterocycles. The molecule has 2 aromatic rings. The van der Waals surface area contributed by atoms with Gasteiger partial charge in [-0.05, 0) is 59.7 Å². The molecule has 0 aromatic heterocycles. The Labute approximate surface area is 145 Å². The standard InChI is InChI=1S/C23H22.CH4/c1-3-4-7-18-14-16(2)12-13-20(18)22-15-19-10-5-8-17-9-6-11-21(22)23(17)19;/h3-13,22H,14-15H2,1-2H3;1H4/b4-3-,18-7+;. The van der Waals surface area contributed by atoms with E-state index in [0.29, 0.717) is 5.92 Å². The van der Waals surface area contributed by atoms with E-state index >= 15 is 0 Å². The van der Waals surface area contributed by atoms with Gasteiger partial charge in [0, 0.05) is 5.92 Å². The molecule has 0 N–H and O–H groups in total. The first kappa shape index (κ1) is 16.5. The summed E-state index contributed by atoms with van der Waals surface area (Å²) in [5.74, 6) is 0.497. The van der Waals surface area contributed by atoms with Crippen LogP contribution in [0.2, 0.25) is 0 Å². The number of hydrogen-bond acceptors (Lipinski definition) is 0. The second-order valence-electron chi connectivity index (χ2n) is 6.65. The van der Waals surface area contributed by atoms with Crippen LogP contribution in [0.1, 0.15) is 44.7 Å². The summed E-state index contributed by atoms with van der Waals surface area (Å²) in [5.41, 5.74) is 7.41. The molecule has 2 aliphatic rings. The van der Waals surface area contributed by atoms with Crippen molar-refractivity contribution in [2.24, 2.45) is 0 Å². The summed E-state index contributed by atoms with van der Waals surface area (Å²) in [6, 6.07) is 13.5. The Hall–Kier alpha value is -2.34. The van der Waals surface area contributed by atoms with E-state index < -0.39 is 0 Å². The Morgan fingerprint density at radius 1 is 1.04 bits per heavy atom. The maximum atomic E-state index is 2.35. The highest BCUT2D eigenvalue weighted by Crippen LogP contribution is 2.45. The van der Waals surface area contributed by atoms with Crippen LogP contribution in [0.4, 0.5) is 0 Å². The van der Waals surface area contributed by atoms with Crippen LogP contribution in [0.15, 0.2) is 83.5 Å². The van der Waals surface area contributed by atoms with E-state index in [2.05, 4.69) is 80.6 Å². The van der Waals surface area contributed by atoms with Crippen LogP contribution in [0.5, 0.6) is 0 Å². The minimum absolute atomic E-state index is 0. The lowest BCUT2D eigenvalue weighted by atomic mass is 9.81. The van der Waals surface area contributed by atoms with E-state index in [1.165, 1.54) is 38.6 Å². The summed E-state index contributed by atoms with van der Waals surface area (Å²) in [7, 11) is 0. The molecule has 4 rings (SSSR count). The van der Waals surface area contributed by atoms with Gasteiger partial charge < -0.3 is 0 Å². The molecule has 0 amide bonds. The summed E-state index contributed by atoms with van der Waals surface area (Å²) in [5, 5.41) is 2.86. The van der Waals surface area contributed by atoms with Crippen molar-refractivity contribution < 1.29 is 0 Å². The molecule has 2 aliphatic carbocycles. The third-order valence-electron chi connectivity index (χ3n) is 5.08. The monoisotopic (exact) mass is 314 g/mol. The fourth-order valence-electron chi connectivity index (χ4n) is 4.03. The Bertz CT molecular complexity index is 882. The Morgan fingerprint density at radius 2 is 1.83 bits per heavy atom. The third-order valence-corrected chi connectivity index (χ3v) is 5.08. The molecule has 0 heteroatoms. The lowest BCUT2D eigenvalue weighted by Crippen LogP contribution is -2.07. The molecule has 0 bridgehead atoms. The van der Waals surface area contributed by atoms with Crippen molar-refractivity contribution in [3.8, 4) is 0 Å². The molecular formula is C24H26. The summed E-state index contributed by atoms with van der Waals surface area (Å²) in [6.45, 7) is 4.30. The summed E-state index contributed by atoms with van der Waals surface area (Å²) >= 11 is 0. The highest BCUT2D eigenvalue weighted by molar-refractivity contribution is 5.92. The molecule has 0 fully saturated rings. The Morgan fingerprint density at radius 3 is 2.62 bits per heavy atom. The largest absolute Gasteiger partial charge is 0.0877 e. The number of rotatable bonds is 2. The molecular weight excluding hydrogens is 288 g/mol. The van der Waals surface area contributed by atoms with Gasteiger partial charge >= 0.3 is 0 Å². The lowest BCUT2D eigenvalue weighted by Gasteiger charge is -2.23. The van der Waals surface area contributed by atoms with E-state index in [-0.39, 0.29) is 7.43 Å². The van der Waals surface area contributed by atoms with Crippen molar-refractivity contribution in [1.82, 2.24) is 0 Å². The molecule has 24 heavy (non-hydrogen) atoms. The van der Waals surface area contributed by atoms with Crippen molar-refractivity contribution in [1.29, 1.82) is 0 Å². The van der Waals surface area contributed by atoms with Gasteiger partial charge in [0.2, 0.25) is 0 Å². The van der Waals surface area contributed by atoms with Crippen molar-refractivity contribution in [2.75, 3.05) is 0 Å². The van der Waals surface area contributed by atoms with Gasteiger partial charge in [-0.2, -0.15) is 0 Å². The highest BCUT2D eigenvalue weighted by Gasteiger charge is 2.29. The van der Waals surface area contributed by atoms with Crippen molar-refractivity contribution in [3.63, 3.8) is 0 Å². The van der Waals surface area contributed by atoms with Gasteiger partial charge in [0.25, 0.3) is 0 Å². The van der Waals surface area contributed by atoms with Gasteiger partial charge in [-0.3, -0.25) is 0 Å². The smallest absolute Gasteiger partial charge is 0.0139 e. The van der Waals surface area contributed by atoms with Crippen molar-refractivity contribution in [2.45, 2.75) is 40.0 Å². The maximum absolute atomic E-state index is 2.35. The van der Waals surface area contributed by atoms with Gasteiger partial charge in [-0.15, -0.1) is 0 Å². The summed E-state index contributed by atoms with van der Waals surface area (Å²) in [4.78, 5) is 0. The van der Waals surface area contributed by atoms with Crippen LogP contribution in [0.3, 0.4) is 0 Å². The van der Waals surface area contributed by atoms with Crippen LogP contribution in [0.25, 0.3) is 10.8 Å². The first-order valence-corrected chi connectivity index (χ1v) is 8.48. The molecule has 0 saturated carbocycles. The van der Waals surface area contributed by atoms with Gasteiger partial charge in [0.05, 0.1) is 0 Å². The van der Waals surface area contributed by atoms with Crippen LogP contribution in [-0.2, 0) is 6.42 Å². The van der Waals surface area contributed by atoms with Gasteiger partial charge in [0.15, 0.2) is 0 Å². The average Bonchev–Trinajstić information content (AvgIpc) is 2.94. The molecule has 0 spiro atoms. The van der Waals surface area contributed by atoms with E-state index in [1.807, 2.05) is 0 Å². The van der Waals surface area contributed by atoms with Crippen LogP contribution >= 0.6 is 0 Å². The minimum Gasteiger partial charge on any atom is -0.0877 e. The maximum Gasteiger partial charge on any atom is 0.0139 e. The quantitative estimate of drug-likeness (QED) is 0.566. The van der Waals surface area contributed by atoms with E-state index in [9.17, 15) is 0 Å². The summed E-state index contributed by atoms with van der Waals surface area (Å²) < 4.78 is 0. The van der Waals surface area contributed by atoms with Crippen LogP contribution < -0.4 is 0 Å². The molecule has 0 heterocycles. The van der Waals surface area contributed by atoms with Crippen LogP contribution in [-0.4, -0.2) is 0 Å².